The smallest absolute Gasteiger partial charge is 0.262 e. The van der Waals surface area contributed by atoms with Crippen molar-refractivity contribution in [3.05, 3.63) is 83.4 Å². The maximum absolute atomic E-state index is 12.2. The molecule has 0 aromatic heterocycles. The number of benzene rings is 3. The molecule has 0 bridgehead atoms. The Kier molecular flexibility index (Phi) is 7.94. The number of ether oxygens (including phenoxy) is 2. The zero-order chi connectivity index (χ0) is 21.2. The molecule has 0 aliphatic heterocycles. The van der Waals surface area contributed by atoms with Crippen molar-refractivity contribution in [3.63, 3.8) is 0 Å². The molecular weight excluding hydrogens is 402 g/mol. The van der Waals surface area contributed by atoms with Crippen LogP contribution >= 0.6 is 11.6 Å². The Balaban J connectivity index is 1.61. The van der Waals surface area contributed by atoms with Crippen LogP contribution in [0.25, 0.3) is 0 Å². The maximum atomic E-state index is 12.2. The quantitative estimate of drug-likeness (QED) is 0.404. The molecule has 156 valence electrons. The van der Waals surface area contributed by atoms with E-state index in [1.54, 1.807) is 6.07 Å². The van der Waals surface area contributed by atoms with Crippen LogP contribution in [0.2, 0.25) is 5.02 Å². The van der Waals surface area contributed by atoms with Crippen LogP contribution in [0.3, 0.4) is 0 Å². The topological polar surface area (TPSA) is 71.6 Å². The first-order valence-corrected chi connectivity index (χ1v) is 10.0. The number of anilines is 2. The van der Waals surface area contributed by atoms with Crippen LogP contribution in [0, 0.1) is 0 Å². The first-order chi connectivity index (χ1) is 14.7. The highest BCUT2D eigenvalue weighted by Crippen LogP contribution is 2.36. The number of hydrogen-bond acceptors (Lipinski definition) is 5. The lowest BCUT2D eigenvalue weighted by Crippen LogP contribution is -2.21. The molecule has 0 heterocycles. The normalized spacial score (nSPS) is 10.3. The second-order valence-corrected chi connectivity index (χ2v) is 6.79. The number of hydrogen-bond donors (Lipinski definition) is 3. The standard InChI is InChI=1S/C23H24ClN3O3/c1-2-29-21-14-17(15-25-27-19-11-7-4-8-12-19)13-20(24)23(21)30-16-22(28)26-18-9-5-3-6-10-18/h3-14,25,27H,2,15-16H2,1H3,(H,26,28). The van der Waals surface area contributed by atoms with Gasteiger partial charge in [0.15, 0.2) is 18.1 Å². The summed E-state index contributed by atoms with van der Waals surface area (Å²) < 4.78 is 11.4. The van der Waals surface area contributed by atoms with Crippen molar-refractivity contribution in [1.29, 1.82) is 0 Å². The van der Waals surface area contributed by atoms with Crippen molar-refractivity contribution >= 4 is 28.9 Å². The molecule has 3 aromatic rings. The van der Waals surface area contributed by atoms with Gasteiger partial charge in [-0.2, -0.15) is 0 Å². The van der Waals surface area contributed by atoms with Gasteiger partial charge in [0.1, 0.15) is 0 Å². The van der Waals surface area contributed by atoms with E-state index < -0.39 is 0 Å². The van der Waals surface area contributed by atoms with Gasteiger partial charge in [0.2, 0.25) is 0 Å². The average molecular weight is 426 g/mol. The Hall–Kier alpha value is -3.22. The van der Waals surface area contributed by atoms with Gasteiger partial charge in [-0.25, -0.2) is 5.43 Å². The van der Waals surface area contributed by atoms with Crippen LogP contribution in [0.1, 0.15) is 12.5 Å². The van der Waals surface area contributed by atoms with Crippen molar-refractivity contribution in [1.82, 2.24) is 5.43 Å². The molecule has 0 saturated heterocycles. The Morgan fingerprint density at radius 1 is 0.933 bits per heavy atom. The molecule has 0 aliphatic carbocycles. The molecule has 3 N–H and O–H groups in total. The molecule has 0 unspecified atom stereocenters. The Bertz CT molecular complexity index is 953. The van der Waals surface area contributed by atoms with E-state index >= 15 is 0 Å². The fraction of sp³-hybridized carbons (Fsp3) is 0.174. The third kappa shape index (κ3) is 6.40. The Morgan fingerprint density at radius 2 is 1.60 bits per heavy atom. The second kappa shape index (κ2) is 11.1. The molecule has 1 amide bonds. The lowest BCUT2D eigenvalue weighted by Gasteiger charge is -2.16. The number of halogens is 1. The van der Waals surface area contributed by atoms with Crippen LogP contribution in [0.5, 0.6) is 11.5 Å². The van der Waals surface area contributed by atoms with Gasteiger partial charge in [-0.3, -0.25) is 4.79 Å². The van der Waals surface area contributed by atoms with Gasteiger partial charge in [-0.05, 0) is 48.9 Å². The number of amides is 1. The van der Waals surface area contributed by atoms with E-state index in [9.17, 15) is 4.79 Å². The summed E-state index contributed by atoms with van der Waals surface area (Å²) in [6, 6.07) is 22.6. The molecule has 7 heteroatoms. The van der Waals surface area contributed by atoms with Crippen LogP contribution in [-0.4, -0.2) is 19.1 Å². The van der Waals surface area contributed by atoms with E-state index in [0.29, 0.717) is 35.4 Å². The highest BCUT2D eigenvalue weighted by Gasteiger charge is 2.14. The third-order valence-corrected chi connectivity index (χ3v) is 4.35. The summed E-state index contributed by atoms with van der Waals surface area (Å²) in [6.07, 6.45) is 0. The van der Waals surface area contributed by atoms with Gasteiger partial charge in [-0.1, -0.05) is 48.0 Å². The molecule has 0 aliphatic rings. The van der Waals surface area contributed by atoms with Gasteiger partial charge in [0.05, 0.1) is 11.6 Å². The summed E-state index contributed by atoms with van der Waals surface area (Å²) in [4.78, 5) is 12.2. The molecule has 6 nitrogen and oxygen atoms in total. The SMILES string of the molecule is CCOc1cc(CNNc2ccccc2)cc(Cl)c1OCC(=O)Nc1ccccc1. The number of para-hydroxylation sites is 2. The van der Waals surface area contributed by atoms with Crippen LogP contribution in [-0.2, 0) is 11.3 Å². The van der Waals surface area contributed by atoms with E-state index in [2.05, 4.69) is 16.2 Å². The molecule has 0 saturated carbocycles. The highest BCUT2D eigenvalue weighted by molar-refractivity contribution is 6.32. The molecule has 3 rings (SSSR count). The fourth-order valence-corrected chi connectivity index (χ4v) is 3.04. The van der Waals surface area contributed by atoms with Crippen molar-refractivity contribution in [3.8, 4) is 11.5 Å². The Labute approximate surface area is 181 Å². The summed E-state index contributed by atoms with van der Waals surface area (Å²) in [6.45, 7) is 2.66. The van der Waals surface area contributed by atoms with Crippen molar-refractivity contribution in [2.24, 2.45) is 0 Å². The molecule has 0 spiro atoms. The minimum absolute atomic E-state index is 0.179. The van der Waals surface area contributed by atoms with Gasteiger partial charge >= 0.3 is 0 Å². The number of carbonyl (C=O) groups excluding carboxylic acids is 1. The van der Waals surface area contributed by atoms with Crippen LogP contribution < -0.4 is 25.6 Å². The largest absolute Gasteiger partial charge is 0.490 e. The van der Waals surface area contributed by atoms with Crippen molar-refractivity contribution in [2.45, 2.75) is 13.5 Å². The molecule has 0 fully saturated rings. The number of carbonyl (C=O) groups is 1. The van der Waals surface area contributed by atoms with E-state index in [0.717, 1.165) is 11.3 Å². The fourth-order valence-electron chi connectivity index (χ4n) is 2.75. The summed E-state index contributed by atoms with van der Waals surface area (Å²) in [7, 11) is 0. The number of hydrazine groups is 1. The number of rotatable bonds is 10. The van der Waals surface area contributed by atoms with E-state index in [1.165, 1.54) is 0 Å². The average Bonchev–Trinajstić information content (AvgIpc) is 2.75. The summed E-state index contributed by atoms with van der Waals surface area (Å²) in [5.74, 6) is 0.563. The molecule has 0 radical (unpaired) electrons. The van der Waals surface area contributed by atoms with E-state index in [1.807, 2.05) is 73.7 Å². The monoisotopic (exact) mass is 425 g/mol. The molecule has 3 aromatic carbocycles. The van der Waals surface area contributed by atoms with Gasteiger partial charge in [0.25, 0.3) is 5.91 Å². The zero-order valence-electron chi connectivity index (χ0n) is 16.7. The summed E-state index contributed by atoms with van der Waals surface area (Å²) >= 11 is 6.42. The van der Waals surface area contributed by atoms with E-state index in [4.69, 9.17) is 21.1 Å². The third-order valence-electron chi connectivity index (χ3n) is 4.07. The van der Waals surface area contributed by atoms with Crippen LogP contribution in [0.4, 0.5) is 11.4 Å². The van der Waals surface area contributed by atoms with Crippen molar-refractivity contribution < 1.29 is 14.3 Å². The maximum Gasteiger partial charge on any atom is 0.262 e. The van der Waals surface area contributed by atoms with Gasteiger partial charge in [0, 0.05) is 17.9 Å². The minimum atomic E-state index is -0.280. The summed E-state index contributed by atoms with van der Waals surface area (Å²) in [5.41, 5.74) is 8.84. The predicted molar refractivity (Wildman–Crippen MR) is 120 cm³/mol. The first-order valence-electron chi connectivity index (χ1n) is 9.62. The lowest BCUT2D eigenvalue weighted by atomic mass is 10.2. The highest BCUT2D eigenvalue weighted by atomic mass is 35.5. The zero-order valence-corrected chi connectivity index (χ0v) is 17.4. The molecular formula is C23H24ClN3O3. The Morgan fingerprint density at radius 3 is 2.27 bits per heavy atom. The van der Waals surface area contributed by atoms with Gasteiger partial charge in [-0.15, -0.1) is 0 Å². The molecule has 0 atom stereocenters. The first kappa shape index (κ1) is 21.5. The van der Waals surface area contributed by atoms with Gasteiger partial charge < -0.3 is 20.2 Å². The van der Waals surface area contributed by atoms with Crippen molar-refractivity contribution in [2.75, 3.05) is 24.0 Å². The lowest BCUT2D eigenvalue weighted by molar-refractivity contribution is -0.118. The molecule has 30 heavy (non-hydrogen) atoms. The predicted octanol–water partition coefficient (Wildman–Crippen LogP) is 4.87. The second-order valence-electron chi connectivity index (χ2n) is 6.39. The van der Waals surface area contributed by atoms with Crippen LogP contribution in [0.15, 0.2) is 72.8 Å². The van der Waals surface area contributed by atoms with E-state index in [-0.39, 0.29) is 12.5 Å². The summed E-state index contributed by atoms with van der Waals surface area (Å²) in [5, 5.41) is 3.15. The number of nitrogens with one attached hydrogen (secondary N) is 3. The minimum Gasteiger partial charge on any atom is -0.490 e.